The Hall–Kier alpha value is -2.18. The zero-order valence-corrected chi connectivity index (χ0v) is 15.7. The first-order valence-electron chi connectivity index (χ1n) is 7.50. The van der Waals surface area contributed by atoms with Crippen LogP contribution < -0.4 is 14.9 Å². The molecule has 0 fully saturated rings. The van der Waals surface area contributed by atoms with Crippen LogP contribution in [0.15, 0.2) is 52.5 Å². The summed E-state index contributed by atoms with van der Waals surface area (Å²) in [6, 6.07) is 12.7. The van der Waals surface area contributed by atoms with Gasteiger partial charge in [0.25, 0.3) is 5.91 Å². The van der Waals surface area contributed by atoms with Crippen LogP contribution in [0.2, 0.25) is 5.02 Å². The molecule has 0 aliphatic carbocycles. The Balaban J connectivity index is 1.94. The molecule has 1 N–H and O–H groups in total. The number of carbonyl (C=O) groups is 1. The number of nitrogens with zero attached hydrogens (tertiary/aromatic N) is 1. The van der Waals surface area contributed by atoms with Crippen LogP contribution in [0.5, 0.6) is 11.5 Å². The van der Waals surface area contributed by atoms with Crippen LogP contribution in [0.4, 0.5) is 0 Å². The highest BCUT2D eigenvalue weighted by atomic mass is 35.5. The molecule has 0 unspecified atom stereocenters. The van der Waals surface area contributed by atoms with Crippen molar-refractivity contribution in [2.24, 2.45) is 5.10 Å². The molecule has 7 heteroatoms. The number of amides is 1. The van der Waals surface area contributed by atoms with Crippen molar-refractivity contribution in [2.45, 2.75) is 17.1 Å². The van der Waals surface area contributed by atoms with Gasteiger partial charge in [0.2, 0.25) is 0 Å². The fourth-order valence-electron chi connectivity index (χ4n) is 1.95. The molecule has 25 heavy (non-hydrogen) atoms. The first kappa shape index (κ1) is 19.1. The maximum Gasteiger partial charge on any atom is 0.253 e. The van der Waals surface area contributed by atoms with Gasteiger partial charge >= 0.3 is 0 Å². The fraction of sp³-hybridized carbons (Fsp3) is 0.222. The van der Waals surface area contributed by atoms with Crippen molar-refractivity contribution in [2.75, 3.05) is 14.2 Å². The number of nitrogens with one attached hydrogen (secondary N) is 1. The molecule has 0 heterocycles. The van der Waals surface area contributed by atoms with E-state index >= 15 is 0 Å². The third-order valence-corrected chi connectivity index (χ3v) is 4.68. The molecule has 0 radical (unpaired) electrons. The Morgan fingerprint density at radius 3 is 2.56 bits per heavy atom. The molecule has 0 aliphatic rings. The molecule has 5 nitrogen and oxygen atoms in total. The summed E-state index contributed by atoms with van der Waals surface area (Å²) in [6.45, 7) is 1.82. The van der Waals surface area contributed by atoms with Gasteiger partial charge in [0.15, 0.2) is 0 Å². The van der Waals surface area contributed by atoms with Gasteiger partial charge in [0, 0.05) is 21.5 Å². The Kier molecular flexibility index (Phi) is 7.16. The quantitative estimate of drug-likeness (QED) is 0.449. The van der Waals surface area contributed by atoms with Gasteiger partial charge in [-0.3, -0.25) is 4.79 Å². The number of ether oxygens (including phenoxy) is 2. The molecule has 0 aliphatic heterocycles. The summed E-state index contributed by atoms with van der Waals surface area (Å²) in [5.41, 5.74) is 3.28. The number of hydrogen-bond donors (Lipinski definition) is 1. The van der Waals surface area contributed by atoms with Crippen LogP contribution in [0.1, 0.15) is 12.5 Å². The van der Waals surface area contributed by atoms with Crippen molar-refractivity contribution >= 4 is 35.5 Å². The van der Waals surface area contributed by atoms with E-state index < -0.39 is 0 Å². The van der Waals surface area contributed by atoms with E-state index in [1.165, 1.54) is 18.0 Å². The number of methoxy groups -OCH3 is 2. The normalized spacial score (nSPS) is 12.0. The lowest BCUT2D eigenvalue weighted by molar-refractivity contribution is -0.120. The lowest BCUT2D eigenvalue weighted by Crippen LogP contribution is -2.26. The topological polar surface area (TPSA) is 59.9 Å². The number of carbonyl (C=O) groups excluding carboxylic acids is 1. The van der Waals surface area contributed by atoms with Gasteiger partial charge in [0.1, 0.15) is 11.5 Å². The smallest absolute Gasteiger partial charge is 0.253 e. The number of hydrogen-bond acceptors (Lipinski definition) is 5. The summed E-state index contributed by atoms with van der Waals surface area (Å²) in [4.78, 5) is 13.1. The molecule has 2 rings (SSSR count). The first-order chi connectivity index (χ1) is 12.0. The van der Waals surface area contributed by atoms with Crippen LogP contribution in [0, 0.1) is 0 Å². The standard InChI is InChI=1S/C18H19ClN2O3S/c1-12(25-16-8-5-14(19)6-9-16)18(22)21-20-11-13-4-7-15(23-2)10-17(13)24-3/h4-12H,1-3H3,(H,21,22)/b20-11-/t12-/m1/s1. The Morgan fingerprint density at radius 1 is 1.20 bits per heavy atom. The maximum absolute atomic E-state index is 12.1. The van der Waals surface area contributed by atoms with Crippen molar-refractivity contribution < 1.29 is 14.3 Å². The zero-order chi connectivity index (χ0) is 18.2. The first-order valence-corrected chi connectivity index (χ1v) is 8.76. The molecular formula is C18H19ClN2O3S. The van der Waals surface area contributed by atoms with Gasteiger partial charge in [-0.1, -0.05) is 11.6 Å². The summed E-state index contributed by atoms with van der Waals surface area (Å²) >= 11 is 7.29. The monoisotopic (exact) mass is 378 g/mol. The summed E-state index contributed by atoms with van der Waals surface area (Å²) in [7, 11) is 3.15. The van der Waals surface area contributed by atoms with E-state index in [0.29, 0.717) is 16.5 Å². The molecule has 0 saturated carbocycles. The molecule has 0 aromatic heterocycles. The van der Waals surface area contributed by atoms with Gasteiger partial charge in [-0.15, -0.1) is 11.8 Å². The van der Waals surface area contributed by atoms with E-state index in [1.807, 2.05) is 19.1 Å². The second-order valence-electron chi connectivity index (χ2n) is 5.06. The predicted molar refractivity (Wildman–Crippen MR) is 102 cm³/mol. The van der Waals surface area contributed by atoms with Crippen molar-refractivity contribution in [3.63, 3.8) is 0 Å². The van der Waals surface area contributed by atoms with Gasteiger partial charge < -0.3 is 9.47 Å². The average Bonchev–Trinajstić information content (AvgIpc) is 2.63. The molecule has 1 amide bonds. The van der Waals surface area contributed by atoms with Gasteiger partial charge in [-0.25, -0.2) is 5.43 Å². The molecule has 0 saturated heterocycles. The summed E-state index contributed by atoms with van der Waals surface area (Å²) in [5.74, 6) is 1.11. The van der Waals surface area contributed by atoms with Crippen LogP contribution in [0.25, 0.3) is 0 Å². The zero-order valence-electron chi connectivity index (χ0n) is 14.2. The highest BCUT2D eigenvalue weighted by Gasteiger charge is 2.13. The van der Waals surface area contributed by atoms with E-state index in [4.69, 9.17) is 21.1 Å². The van der Waals surface area contributed by atoms with Crippen LogP contribution in [0.3, 0.4) is 0 Å². The highest BCUT2D eigenvalue weighted by molar-refractivity contribution is 8.00. The minimum Gasteiger partial charge on any atom is -0.497 e. The number of hydrazone groups is 1. The van der Waals surface area contributed by atoms with Crippen molar-refractivity contribution in [3.8, 4) is 11.5 Å². The molecule has 1 atom stereocenters. The summed E-state index contributed by atoms with van der Waals surface area (Å²) < 4.78 is 10.4. The van der Waals surface area contributed by atoms with E-state index in [0.717, 1.165) is 10.5 Å². The van der Waals surface area contributed by atoms with Crippen LogP contribution in [-0.2, 0) is 4.79 Å². The lowest BCUT2D eigenvalue weighted by Gasteiger charge is -2.10. The molecule has 132 valence electrons. The predicted octanol–water partition coefficient (Wildman–Crippen LogP) is 3.99. The van der Waals surface area contributed by atoms with Crippen molar-refractivity contribution in [3.05, 3.63) is 53.1 Å². The third kappa shape index (κ3) is 5.69. The number of halogens is 1. The number of benzene rings is 2. The van der Waals surface area contributed by atoms with Crippen molar-refractivity contribution in [1.29, 1.82) is 0 Å². The van der Waals surface area contributed by atoms with E-state index in [9.17, 15) is 4.79 Å². The molecule has 2 aromatic rings. The largest absolute Gasteiger partial charge is 0.497 e. The molecule has 0 spiro atoms. The van der Waals surface area contributed by atoms with Crippen LogP contribution >= 0.6 is 23.4 Å². The number of thioether (sulfide) groups is 1. The van der Waals surface area contributed by atoms with E-state index in [1.54, 1.807) is 44.6 Å². The molecular weight excluding hydrogens is 360 g/mol. The fourth-order valence-corrected chi connectivity index (χ4v) is 2.94. The van der Waals surface area contributed by atoms with E-state index in [2.05, 4.69) is 10.5 Å². The SMILES string of the molecule is COc1ccc(/C=N\NC(=O)[C@@H](C)Sc2ccc(Cl)cc2)c(OC)c1. The van der Waals surface area contributed by atoms with Gasteiger partial charge in [0.05, 0.1) is 25.7 Å². The average molecular weight is 379 g/mol. The Morgan fingerprint density at radius 2 is 1.92 bits per heavy atom. The minimum absolute atomic E-state index is 0.191. The van der Waals surface area contributed by atoms with Crippen molar-refractivity contribution in [1.82, 2.24) is 5.43 Å². The maximum atomic E-state index is 12.1. The number of rotatable bonds is 7. The van der Waals surface area contributed by atoms with E-state index in [-0.39, 0.29) is 11.2 Å². The molecule has 2 aromatic carbocycles. The van der Waals surface area contributed by atoms with Crippen LogP contribution in [-0.4, -0.2) is 31.6 Å². The second-order valence-corrected chi connectivity index (χ2v) is 6.91. The van der Waals surface area contributed by atoms with Gasteiger partial charge in [-0.05, 0) is 43.3 Å². The molecule has 0 bridgehead atoms. The van der Waals surface area contributed by atoms with Gasteiger partial charge in [-0.2, -0.15) is 5.10 Å². The minimum atomic E-state index is -0.295. The summed E-state index contributed by atoms with van der Waals surface area (Å²) in [6.07, 6.45) is 1.54. The third-order valence-electron chi connectivity index (χ3n) is 3.31. The highest BCUT2D eigenvalue weighted by Crippen LogP contribution is 2.25. The lowest BCUT2D eigenvalue weighted by atomic mass is 10.2. The Bertz CT molecular complexity index is 750. The Labute approximate surface area is 156 Å². The second kappa shape index (κ2) is 9.34. The summed E-state index contributed by atoms with van der Waals surface area (Å²) in [5, 5.41) is 4.37.